The molecule has 1 fully saturated rings. The smallest absolute Gasteiger partial charge is 0.329 e. The van der Waals surface area contributed by atoms with Crippen LogP contribution in [0.1, 0.15) is 38.6 Å². The molecule has 5 nitrogen and oxygen atoms in total. The summed E-state index contributed by atoms with van der Waals surface area (Å²) in [5.41, 5.74) is 1.30. The van der Waals surface area contributed by atoms with Crippen molar-refractivity contribution in [2.45, 2.75) is 12.3 Å². The standard InChI is InChI=1S/C18H11Cl2NO4/c19-10-5-9(6-11(20)7-10)14-8-15(14)18(24)25-21-16(22)12-3-1-2-4-13(12)17(21)23/h1-7,14-15H,8H2/t14-,15+/m0/s1. The van der Waals surface area contributed by atoms with Crippen LogP contribution in [0.4, 0.5) is 0 Å². The molecule has 2 amide bonds. The van der Waals surface area contributed by atoms with E-state index < -0.39 is 23.7 Å². The summed E-state index contributed by atoms with van der Waals surface area (Å²) in [6.45, 7) is 0. The molecule has 1 saturated carbocycles. The summed E-state index contributed by atoms with van der Waals surface area (Å²) < 4.78 is 0. The summed E-state index contributed by atoms with van der Waals surface area (Å²) in [7, 11) is 0. The third-order valence-electron chi connectivity index (χ3n) is 4.34. The van der Waals surface area contributed by atoms with Gasteiger partial charge in [-0.15, -0.1) is 0 Å². The van der Waals surface area contributed by atoms with Gasteiger partial charge in [0, 0.05) is 10.0 Å². The quantitative estimate of drug-likeness (QED) is 0.764. The van der Waals surface area contributed by atoms with Crippen LogP contribution in [0.5, 0.6) is 0 Å². The average Bonchev–Trinajstić information content (AvgIpc) is 3.34. The van der Waals surface area contributed by atoms with Gasteiger partial charge in [0.15, 0.2) is 0 Å². The topological polar surface area (TPSA) is 63.7 Å². The summed E-state index contributed by atoms with van der Waals surface area (Å²) >= 11 is 12.0. The third kappa shape index (κ3) is 2.79. The van der Waals surface area contributed by atoms with Crippen molar-refractivity contribution in [1.82, 2.24) is 5.06 Å². The van der Waals surface area contributed by atoms with Gasteiger partial charge in [0.1, 0.15) is 0 Å². The van der Waals surface area contributed by atoms with E-state index in [9.17, 15) is 14.4 Å². The van der Waals surface area contributed by atoms with Gasteiger partial charge in [-0.3, -0.25) is 9.59 Å². The van der Waals surface area contributed by atoms with Crippen molar-refractivity contribution in [2.75, 3.05) is 0 Å². The number of halogens is 2. The Hall–Kier alpha value is -2.37. The van der Waals surface area contributed by atoms with E-state index in [-0.39, 0.29) is 17.0 Å². The minimum atomic E-state index is -0.628. The molecule has 0 aromatic heterocycles. The number of hydrogen-bond acceptors (Lipinski definition) is 4. The van der Waals surface area contributed by atoms with Crippen molar-refractivity contribution in [2.24, 2.45) is 5.92 Å². The highest BCUT2D eigenvalue weighted by Gasteiger charge is 2.48. The van der Waals surface area contributed by atoms with Gasteiger partial charge in [-0.2, -0.15) is 0 Å². The summed E-state index contributed by atoms with van der Waals surface area (Å²) in [5, 5.41) is 1.51. The molecule has 1 aliphatic carbocycles. The van der Waals surface area contributed by atoms with Gasteiger partial charge in [0.2, 0.25) is 0 Å². The molecule has 0 spiro atoms. The number of hydrogen-bond donors (Lipinski definition) is 0. The molecule has 0 bridgehead atoms. The van der Waals surface area contributed by atoms with Gasteiger partial charge in [-0.05, 0) is 48.2 Å². The molecule has 2 aromatic rings. The second-order valence-corrected chi connectivity index (χ2v) is 6.88. The van der Waals surface area contributed by atoms with Crippen LogP contribution in [0, 0.1) is 5.92 Å². The summed E-state index contributed by atoms with van der Waals surface area (Å²) in [5.74, 6) is -2.39. The monoisotopic (exact) mass is 375 g/mol. The predicted molar refractivity (Wildman–Crippen MR) is 90.3 cm³/mol. The maximum atomic E-state index is 12.3. The normalized spacial score (nSPS) is 21.3. The highest BCUT2D eigenvalue weighted by molar-refractivity contribution is 6.34. The van der Waals surface area contributed by atoms with Gasteiger partial charge in [-0.1, -0.05) is 40.4 Å². The number of fused-ring (bicyclic) bond motifs is 1. The molecule has 7 heteroatoms. The number of carbonyl (C=O) groups excluding carboxylic acids is 3. The van der Waals surface area contributed by atoms with Crippen LogP contribution in [0.25, 0.3) is 0 Å². The lowest BCUT2D eigenvalue weighted by atomic mass is 10.1. The summed E-state index contributed by atoms with van der Waals surface area (Å²) in [4.78, 5) is 41.8. The first-order valence-corrected chi connectivity index (χ1v) is 8.37. The number of hydroxylamine groups is 2. The first-order chi connectivity index (χ1) is 12.0. The van der Waals surface area contributed by atoms with Crippen LogP contribution in [0.2, 0.25) is 10.0 Å². The van der Waals surface area contributed by atoms with Gasteiger partial charge in [0.05, 0.1) is 17.0 Å². The molecule has 2 atom stereocenters. The fourth-order valence-electron chi connectivity index (χ4n) is 3.02. The summed E-state index contributed by atoms with van der Waals surface area (Å²) in [6.07, 6.45) is 0.554. The number of benzene rings is 2. The van der Waals surface area contributed by atoms with Gasteiger partial charge >= 0.3 is 5.97 Å². The van der Waals surface area contributed by atoms with Crippen LogP contribution >= 0.6 is 23.2 Å². The molecule has 2 aromatic carbocycles. The fourth-order valence-corrected chi connectivity index (χ4v) is 3.56. The largest absolute Gasteiger partial charge is 0.336 e. The Morgan fingerprint density at radius 3 is 2.12 bits per heavy atom. The van der Waals surface area contributed by atoms with E-state index in [1.54, 1.807) is 30.3 Å². The van der Waals surface area contributed by atoms with Crippen LogP contribution in [-0.4, -0.2) is 22.8 Å². The van der Waals surface area contributed by atoms with Crippen LogP contribution in [0.3, 0.4) is 0 Å². The Bertz CT molecular complexity index is 872. The predicted octanol–water partition coefficient (Wildman–Crippen LogP) is 3.85. The van der Waals surface area contributed by atoms with E-state index in [4.69, 9.17) is 28.0 Å². The summed E-state index contributed by atoms with van der Waals surface area (Å²) in [6, 6.07) is 11.4. The number of carbonyl (C=O) groups is 3. The number of rotatable bonds is 3. The van der Waals surface area contributed by atoms with Crippen molar-refractivity contribution in [1.29, 1.82) is 0 Å². The molecule has 2 aliphatic rings. The number of amides is 2. The highest BCUT2D eigenvalue weighted by Crippen LogP contribution is 2.49. The van der Waals surface area contributed by atoms with E-state index in [0.29, 0.717) is 21.5 Å². The number of nitrogens with zero attached hydrogens (tertiary/aromatic N) is 1. The molecule has 0 unspecified atom stereocenters. The van der Waals surface area contributed by atoms with E-state index >= 15 is 0 Å². The van der Waals surface area contributed by atoms with Crippen molar-refractivity contribution >= 4 is 41.0 Å². The van der Waals surface area contributed by atoms with Crippen LogP contribution in [-0.2, 0) is 9.63 Å². The van der Waals surface area contributed by atoms with E-state index in [1.807, 2.05) is 0 Å². The Morgan fingerprint density at radius 1 is 1.00 bits per heavy atom. The van der Waals surface area contributed by atoms with Crippen LogP contribution in [0.15, 0.2) is 42.5 Å². The van der Waals surface area contributed by atoms with Gasteiger partial charge in [-0.25, -0.2) is 4.79 Å². The molecule has 4 rings (SSSR count). The Labute approximate surface area is 153 Å². The molecule has 0 saturated heterocycles. The van der Waals surface area contributed by atoms with Crippen molar-refractivity contribution in [3.8, 4) is 0 Å². The third-order valence-corrected chi connectivity index (χ3v) is 4.78. The molecule has 0 N–H and O–H groups in total. The highest BCUT2D eigenvalue weighted by atomic mass is 35.5. The number of imide groups is 1. The molecule has 0 radical (unpaired) electrons. The zero-order chi connectivity index (χ0) is 17.7. The molecule has 1 aliphatic heterocycles. The zero-order valence-electron chi connectivity index (χ0n) is 12.7. The molecule has 126 valence electrons. The maximum Gasteiger partial charge on any atom is 0.336 e. The fraction of sp³-hybridized carbons (Fsp3) is 0.167. The van der Waals surface area contributed by atoms with Crippen molar-refractivity contribution < 1.29 is 19.2 Å². The second kappa shape index (κ2) is 5.86. The second-order valence-electron chi connectivity index (χ2n) is 6.01. The van der Waals surface area contributed by atoms with Crippen molar-refractivity contribution in [3.05, 3.63) is 69.2 Å². The Balaban J connectivity index is 1.48. The molecule has 1 heterocycles. The maximum absolute atomic E-state index is 12.3. The Kier molecular flexibility index (Phi) is 3.78. The lowest BCUT2D eigenvalue weighted by Crippen LogP contribution is -2.33. The van der Waals surface area contributed by atoms with Gasteiger partial charge in [0.25, 0.3) is 11.8 Å². The SMILES string of the molecule is O=C(ON1C(=O)c2ccccc2C1=O)[C@@H]1C[C@H]1c1cc(Cl)cc(Cl)c1. The van der Waals surface area contributed by atoms with Crippen molar-refractivity contribution in [3.63, 3.8) is 0 Å². The minimum Gasteiger partial charge on any atom is -0.329 e. The molecule has 25 heavy (non-hydrogen) atoms. The first-order valence-electron chi connectivity index (χ1n) is 7.61. The minimum absolute atomic E-state index is 0.0844. The lowest BCUT2D eigenvalue weighted by molar-refractivity contribution is -0.170. The van der Waals surface area contributed by atoms with Crippen LogP contribution < -0.4 is 0 Å². The Morgan fingerprint density at radius 2 is 1.56 bits per heavy atom. The zero-order valence-corrected chi connectivity index (χ0v) is 14.3. The van der Waals surface area contributed by atoms with E-state index in [0.717, 1.165) is 5.56 Å². The average molecular weight is 376 g/mol. The van der Waals surface area contributed by atoms with E-state index in [2.05, 4.69) is 0 Å². The van der Waals surface area contributed by atoms with E-state index in [1.165, 1.54) is 12.1 Å². The molecular formula is C18H11Cl2NO4. The molecular weight excluding hydrogens is 365 g/mol. The van der Waals surface area contributed by atoms with Gasteiger partial charge < -0.3 is 4.84 Å². The lowest BCUT2D eigenvalue weighted by Gasteiger charge is -2.12. The first kappa shape index (κ1) is 16.1.